The van der Waals surface area contributed by atoms with Crippen LogP contribution in [-0.4, -0.2) is 26.3 Å². The molecule has 0 fully saturated rings. The lowest BCUT2D eigenvalue weighted by molar-refractivity contribution is 0.347. The van der Waals surface area contributed by atoms with Crippen LogP contribution in [0.1, 0.15) is 11.1 Å². The molecule has 0 saturated carbocycles. The molecule has 6 nitrogen and oxygen atoms in total. The summed E-state index contributed by atoms with van der Waals surface area (Å²) in [7, 11) is 4.72. The zero-order valence-corrected chi connectivity index (χ0v) is 13.8. The van der Waals surface area contributed by atoms with E-state index in [1.165, 1.54) is 6.20 Å². The Morgan fingerprint density at radius 3 is 2.30 bits per heavy atom. The van der Waals surface area contributed by atoms with Gasteiger partial charge < -0.3 is 19.5 Å². The lowest BCUT2D eigenvalue weighted by atomic mass is 10.1. The minimum atomic E-state index is 0.378. The van der Waals surface area contributed by atoms with Crippen LogP contribution in [0.4, 0.5) is 5.82 Å². The Kier molecular flexibility index (Phi) is 5.50. The van der Waals surface area contributed by atoms with Crippen molar-refractivity contribution in [1.82, 2.24) is 4.98 Å². The monoisotopic (exact) mass is 333 g/mol. The van der Waals surface area contributed by atoms with E-state index in [-0.39, 0.29) is 0 Å². The average Bonchev–Trinajstić information content (AvgIpc) is 2.59. The molecule has 0 spiro atoms. The van der Waals surface area contributed by atoms with E-state index >= 15 is 0 Å². The molecule has 0 radical (unpaired) electrons. The SMILES string of the molecule is COc1cc(OC)c(OC)cc1CNc1ncc(C#N)cc1Cl. The average molecular weight is 334 g/mol. The van der Waals surface area contributed by atoms with Crippen LogP contribution in [0.5, 0.6) is 17.2 Å². The first-order valence-corrected chi connectivity index (χ1v) is 7.09. The first kappa shape index (κ1) is 16.7. The number of nitriles is 1. The van der Waals surface area contributed by atoms with Crippen molar-refractivity contribution in [1.29, 1.82) is 5.26 Å². The second-order valence-electron chi connectivity index (χ2n) is 4.54. The fraction of sp³-hybridized carbons (Fsp3) is 0.250. The van der Waals surface area contributed by atoms with E-state index in [2.05, 4.69) is 10.3 Å². The topological polar surface area (TPSA) is 76.4 Å². The van der Waals surface area contributed by atoms with Crippen LogP contribution < -0.4 is 19.5 Å². The zero-order valence-electron chi connectivity index (χ0n) is 13.0. The van der Waals surface area contributed by atoms with E-state index in [1.807, 2.05) is 12.1 Å². The van der Waals surface area contributed by atoms with Gasteiger partial charge in [0.25, 0.3) is 0 Å². The lowest BCUT2D eigenvalue weighted by Crippen LogP contribution is -2.05. The van der Waals surface area contributed by atoms with Crippen LogP contribution in [0.2, 0.25) is 5.02 Å². The molecule has 0 aliphatic heterocycles. The molecule has 0 aliphatic rings. The van der Waals surface area contributed by atoms with E-state index < -0.39 is 0 Å². The number of benzene rings is 1. The molecule has 0 aliphatic carbocycles. The van der Waals surface area contributed by atoms with Crippen LogP contribution in [0.15, 0.2) is 24.4 Å². The Labute approximate surface area is 139 Å². The smallest absolute Gasteiger partial charge is 0.164 e. The number of rotatable bonds is 6. The maximum Gasteiger partial charge on any atom is 0.164 e. The minimum absolute atomic E-state index is 0.378. The van der Waals surface area contributed by atoms with Crippen molar-refractivity contribution < 1.29 is 14.2 Å². The molecule has 120 valence electrons. The summed E-state index contributed by atoms with van der Waals surface area (Å²) in [5.41, 5.74) is 1.26. The fourth-order valence-electron chi connectivity index (χ4n) is 2.04. The van der Waals surface area contributed by atoms with Gasteiger partial charge in [0.2, 0.25) is 0 Å². The summed E-state index contributed by atoms with van der Waals surface area (Å²) < 4.78 is 15.9. The van der Waals surface area contributed by atoms with Crippen LogP contribution in [0.3, 0.4) is 0 Å². The Morgan fingerprint density at radius 2 is 1.74 bits per heavy atom. The highest BCUT2D eigenvalue weighted by molar-refractivity contribution is 6.33. The van der Waals surface area contributed by atoms with Gasteiger partial charge in [0.1, 0.15) is 17.6 Å². The number of hydrogen-bond acceptors (Lipinski definition) is 6. The van der Waals surface area contributed by atoms with Crippen molar-refractivity contribution in [2.45, 2.75) is 6.54 Å². The Hall–Kier alpha value is -2.65. The van der Waals surface area contributed by atoms with E-state index in [0.717, 1.165) is 5.56 Å². The summed E-state index contributed by atoms with van der Waals surface area (Å²) in [6.45, 7) is 0.419. The third-order valence-corrected chi connectivity index (χ3v) is 3.49. The molecule has 0 unspecified atom stereocenters. The predicted octanol–water partition coefficient (Wildman–Crippen LogP) is 3.24. The highest BCUT2D eigenvalue weighted by Crippen LogP contribution is 2.35. The van der Waals surface area contributed by atoms with Crippen molar-refractivity contribution in [3.63, 3.8) is 0 Å². The van der Waals surface area contributed by atoms with Crippen molar-refractivity contribution in [2.75, 3.05) is 26.6 Å². The van der Waals surface area contributed by atoms with Crippen molar-refractivity contribution in [2.24, 2.45) is 0 Å². The van der Waals surface area contributed by atoms with Crippen LogP contribution in [-0.2, 0) is 6.54 Å². The molecule has 0 atom stereocenters. The first-order valence-electron chi connectivity index (χ1n) is 6.71. The summed E-state index contributed by atoms with van der Waals surface area (Å²) in [6.07, 6.45) is 1.46. The summed E-state index contributed by atoms with van der Waals surface area (Å²) in [5.74, 6) is 2.33. The van der Waals surface area contributed by atoms with Gasteiger partial charge in [0.15, 0.2) is 11.5 Å². The highest BCUT2D eigenvalue weighted by atomic mass is 35.5. The number of pyridine rings is 1. The van der Waals surface area contributed by atoms with Gasteiger partial charge in [0.05, 0.1) is 31.9 Å². The molecular weight excluding hydrogens is 318 g/mol. The number of ether oxygens (including phenoxy) is 3. The molecule has 0 amide bonds. The quantitative estimate of drug-likeness (QED) is 0.874. The normalized spacial score (nSPS) is 9.87. The molecule has 2 rings (SSSR count). The van der Waals surface area contributed by atoms with Gasteiger partial charge in [-0.15, -0.1) is 0 Å². The third-order valence-electron chi connectivity index (χ3n) is 3.20. The van der Waals surface area contributed by atoms with Crippen LogP contribution in [0.25, 0.3) is 0 Å². The molecule has 1 heterocycles. The summed E-state index contributed by atoms with van der Waals surface area (Å²) in [4.78, 5) is 4.13. The largest absolute Gasteiger partial charge is 0.496 e. The molecule has 0 saturated heterocycles. The zero-order chi connectivity index (χ0) is 16.8. The first-order chi connectivity index (χ1) is 11.1. The predicted molar refractivity (Wildman–Crippen MR) is 87.4 cm³/mol. The van der Waals surface area contributed by atoms with Gasteiger partial charge in [-0.3, -0.25) is 0 Å². The highest BCUT2D eigenvalue weighted by Gasteiger charge is 2.12. The molecular formula is C16H16ClN3O3. The number of halogens is 1. The van der Waals surface area contributed by atoms with E-state index in [9.17, 15) is 0 Å². The molecule has 23 heavy (non-hydrogen) atoms. The number of aromatic nitrogens is 1. The number of nitrogens with zero attached hydrogens (tertiary/aromatic N) is 2. The second-order valence-corrected chi connectivity index (χ2v) is 4.95. The molecule has 0 bridgehead atoms. The molecule has 2 aromatic rings. The Bertz CT molecular complexity index is 744. The minimum Gasteiger partial charge on any atom is -0.496 e. The standard InChI is InChI=1S/C16H16ClN3O3/c1-21-13-6-15(23-3)14(22-2)5-11(13)9-20-16-12(17)4-10(7-18)8-19-16/h4-6,8H,9H2,1-3H3,(H,19,20). The molecule has 1 aromatic heterocycles. The van der Waals surface area contributed by atoms with Crippen molar-refractivity contribution >= 4 is 17.4 Å². The number of methoxy groups -OCH3 is 3. The second kappa shape index (κ2) is 7.56. The number of nitrogens with one attached hydrogen (secondary N) is 1. The van der Waals surface area contributed by atoms with E-state index in [0.29, 0.717) is 40.2 Å². The lowest BCUT2D eigenvalue weighted by Gasteiger charge is -2.15. The number of anilines is 1. The summed E-state index contributed by atoms with van der Waals surface area (Å²) >= 11 is 6.10. The summed E-state index contributed by atoms with van der Waals surface area (Å²) in [6, 6.07) is 7.12. The molecule has 1 N–H and O–H groups in total. The van der Waals surface area contributed by atoms with Crippen LogP contribution >= 0.6 is 11.6 Å². The molecule has 7 heteroatoms. The maximum atomic E-state index is 8.82. The van der Waals surface area contributed by atoms with Crippen LogP contribution in [0, 0.1) is 11.3 Å². The van der Waals surface area contributed by atoms with Gasteiger partial charge in [-0.05, 0) is 12.1 Å². The fourth-order valence-corrected chi connectivity index (χ4v) is 2.27. The third kappa shape index (κ3) is 3.76. The Balaban J connectivity index is 2.24. The van der Waals surface area contributed by atoms with Gasteiger partial charge in [-0.25, -0.2) is 4.98 Å². The van der Waals surface area contributed by atoms with Gasteiger partial charge in [0, 0.05) is 24.4 Å². The number of hydrogen-bond donors (Lipinski definition) is 1. The Morgan fingerprint density at radius 1 is 1.09 bits per heavy atom. The van der Waals surface area contributed by atoms with Crippen molar-refractivity contribution in [3.05, 3.63) is 40.5 Å². The molecule has 1 aromatic carbocycles. The van der Waals surface area contributed by atoms with Gasteiger partial charge in [-0.2, -0.15) is 5.26 Å². The van der Waals surface area contributed by atoms with E-state index in [1.54, 1.807) is 33.5 Å². The van der Waals surface area contributed by atoms with Crippen molar-refractivity contribution in [3.8, 4) is 23.3 Å². The van der Waals surface area contributed by atoms with Gasteiger partial charge >= 0.3 is 0 Å². The maximum absolute atomic E-state index is 8.82. The van der Waals surface area contributed by atoms with E-state index in [4.69, 9.17) is 31.1 Å². The van der Waals surface area contributed by atoms with Gasteiger partial charge in [-0.1, -0.05) is 11.6 Å². The summed E-state index contributed by atoms with van der Waals surface area (Å²) in [5, 5.41) is 12.3.